The molecule has 86 valence electrons. The molecule has 1 atom stereocenters. The van der Waals surface area contributed by atoms with Gasteiger partial charge in [0, 0.05) is 0 Å². The van der Waals surface area contributed by atoms with Gasteiger partial charge in [-0.1, -0.05) is 18.2 Å². The fraction of sp³-hybridized carbons (Fsp3) is 0.429. The molecule has 0 saturated heterocycles. The molecule has 1 aliphatic carbocycles. The molecule has 0 saturated carbocycles. The zero-order valence-corrected chi connectivity index (χ0v) is 9.65. The number of hydrogen-bond donors (Lipinski definition) is 1. The van der Waals surface area contributed by atoms with E-state index < -0.39 is 0 Å². The van der Waals surface area contributed by atoms with E-state index in [1.165, 1.54) is 5.56 Å². The van der Waals surface area contributed by atoms with E-state index in [1.54, 1.807) is 0 Å². The molecule has 0 bridgehead atoms. The van der Waals surface area contributed by atoms with E-state index in [2.05, 4.69) is 6.07 Å². The van der Waals surface area contributed by atoms with Crippen molar-refractivity contribution in [1.29, 1.82) is 0 Å². The second kappa shape index (κ2) is 5.17. The maximum Gasteiger partial charge on any atom is 0.120 e. The predicted molar refractivity (Wildman–Crippen MR) is 64.6 cm³/mol. The van der Waals surface area contributed by atoms with Crippen molar-refractivity contribution < 1.29 is 9.84 Å². The Balaban J connectivity index is 2.14. The van der Waals surface area contributed by atoms with E-state index in [0.717, 1.165) is 30.6 Å². The molecule has 1 N–H and O–H groups in total. The molecule has 0 unspecified atom stereocenters. The van der Waals surface area contributed by atoms with Gasteiger partial charge in [-0.15, -0.1) is 0 Å². The van der Waals surface area contributed by atoms with Gasteiger partial charge in [0.25, 0.3) is 0 Å². The fourth-order valence-electron chi connectivity index (χ4n) is 2.08. The Morgan fingerprint density at radius 1 is 1.50 bits per heavy atom. The summed E-state index contributed by atoms with van der Waals surface area (Å²) in [7, 11) is 0. The summed E-state index contributed by atoms with van der Waals surface area (Å²) in [5, 5.41) is 9.89. The number of ether oxygens (including phenoxy) is 1. The Kier molecular flexibility index (Phi) is 3.62. The third-order valence-corrected chi connectivity index (χ3v) is 2.98. The highest BCUT2D eigenvalue weighted by Crippen LogP contribution is 2.32. The van der Waals surface area contributed by atoms with Crippen LogP contribution in [-0.2, 0) is 6.42 Å². The molecule has 1 aromatic carbocycles. The molecule has 2 nitrogen and oxygen atoms in total. The molecule has 0 radical (unpaired) electrons. The first-order valence-electron chi connectivity index (χ1n) is 5.86. The summed E-state index contributed by atoms with van der Waals surface area (Å²) in [4.78, 5) is 0. The topological polar surface area (TPSA) is 29.5 Å². The van der Waals surface area contributed by atoms with Gasteiger partial charge in [0.15, 0.2) is 0 Å². The molecule has 0 aliphatic heterocycles. The van der Waals surface area contributed by atoms with Gasteiger partial charge in [0.1, 0.15) is 12.4 Å². The van der Waals surface area contributed by atoms with Gasteiger partial charge in [-0.25, -0.2) is 0 Å². The summed E-state index contributed by atoms with van der Waals surface area (Å²) in [6.07, 6.45) is 6.64. The third-order valence-electron chi connectivity index (χ3n) is 2.98. The van der Waals surface area contributed by atoms with Crippen molar-refractivity contribution in [3.8, 4) is 5.75 Å². The number of aliphatic hydroxyl groups is 1. The van der Waals surface area contributed by atoms with Crippen LogP contribution in [0.3, 0.4) is 0 Å². The highest BCUT2D eigenvalue weighted by molar-refractivity contribution is 5.38. The van der Waals surface area contributed by atoms with Crippen molar-refractivity contribution in [3.05, 3.63) is 41.5 Å². The van der Waals surface area contributed by atoms with E-state index in [0.29, 0.717) is 6.61 Å². The normalized spacial score (nSPS) is 19.8. The van der Waals surface area contributed by atoms with Crippen LogP contribution in [0.2, 0.25) is 0 Å². The smallest absolute Gasteiger partial charge is 0.120 e. The third kappa shape index (κ3) is 2.45. The van der Waals surface area contributed by atoms with Crippen molar-refractivity contribution in [2.75, 3.05) is 6.61 Å². The van der Waals surface area contributed by atoms with Gasteiger partial charge in [-0.05, 0) is 49.4 Å². The quantitative estimate of drug-likeness (QED) is 0.790. The van der Waals surface area contributed by atoms with Crippen molar-refractivity contribution in [2.24, 2.45) is 0 Å². The van der Waals surface area contributed by atoms with Crippen LogP contribution in [-0.4, -0.2) is 11.7 Å². The zero-order chi connectivity index (χ0) is 11.4. The SMILES string of the molecule is C/C=C/COc1ccc2c(c1)[C@H](O)CCC2. The van der Waals surface area contributed by atoms with Crippen molar-refractivity contribution in [1.82, 2.24) is 0 Å². The molecule has 1 aromatic rings. The lowest BCUT2D eigenvalue weighted by Gasteiger charge is -2.21. The minimum Gasteiger partial charge on any atom is -0.490 e. The van der Waals surface area contributed by atoms with Crippen molar-refractivity contribution in [3.63, 3.8) is 0 Å². The Morgan fingerprint density at radius 2 is 2.38 bits per heavy atom. The minimum atomic E-state index is -0.311. The molecule has 0 heterocycles. The molecule has 16 heavy (non-hydrogen) atoms. The standard InChI is InChI=1S/C14H18O2/c1-2-3-9-16-12-8-7-11-5-4-6-14(15)13(11)10-12/h2-3,7-8,10,14-15H,4-6,9H2,1H3/b3-2+/t14-/m1/s1. The van der Waals surface area contributed by atoms with Gasteiger partial charge in [0.2, 0.25) is 0 Å². The second-order valence-electron chi connectivity index (χ2n) is 4.15. The fourth-order valence-corrected chi connectivity index (χ4v) is 2.08. The van der Waals surface area contributed by atoms with Crippen LogP contribution in [0.5, 0.6) is 5.75 Å². The molecular weight excluding hydrogens is 200 g/mol. The van der Waals surface area contributed by atoms with Crippen molar-refractivity contribution in [2.45, 2.75) is 32.3 Å². The lowest BCUT2D eigenvalue weighted by atomic mass is 9.89. The van der Waals surface area contributed by atoms with Gasteiger partial charge in [-0.3, -0.25) is 0 Å². The summed E-state index contributed by atoms with van der Waals surface area (Å²) in [6.45, 7) is 2.56. The molecule has 0 fully saturated rings. The van der Waals surface area contributed by atoms with Crippen LogP contribution >= 0.6 is 0 Å². The van der Waals surface area contributed by atoms with E-state index in [-0.39, 0.29) is 6.10 Å². The van der Waals surface area contributed by atoms with Gasteiger partial charge in [0.05, 0.1) is 6.10 Å². The van der Waals surface area contributed by atoms with Crippen LogP contribution in [0.15, 0.2) is 30.4 Å². The van der Waals surface area contributed by atoms with E-state index in [4.69, 9.17) is 4.74 Å². The average Bonchev–Trinajstić information content (AvgIpc) is 2.30. The number of benzene rings is 1. The maximum atomic E-state index is 9.89. The average molecular weight is 218 g/mol. The molecule has 2 heteroatoms. The van der Waals surface area contributed by atoms with Gasteiger partial charge < -0.3 is 9.84 Å². The number of fused-ring (bicyclic) bond motifs is 1. The summed E-state index contributed by atoms with van der Waals surface area (Å²) in [5.41, 5.74) is 2.31. The summed E-state index contributed by atoms with van der Waals surface area (Å²) in [6, 6.07) is 6.03. The first kappa shape index (κ1) is 11.2. The Bertz CT molecular complexity index is 382. The lowest BCUT2D eigenvalue weighted by molar-refractivity contribution is 0.156. The molecule has 0 amide bonds. The first-order chi connectivity index (χ1) is 7.81. The highest BCUT2D eigenvalue weighted by atomic mass is 16.5. The van der Waals surface area contributed by atoms with Crippen LogP contribution in [0, 0.1) is 0 Å². The highest BCUT2D eigenvalue weighted by Gasteiger charge is 2.18. The molecular formula is C14H18O2. The number of allylic oxidation sites excluding steroid dienone is 1. The van der Waals surface area contributed by atoms with Crippen molar-refractivity contribution >= 4 is 0 Å². The molecule has 0 aromatic heterocycles. The van der Waals surface area contributed by atoms with Crippen LogP contribution in [0.1, 0.15) is 37.0 Å². The van der Waals surface area contributed by atoms with E-state index in [1.807, 2.05) is 31.2 Å². The Hall–Kier alpha value is -1.28. The Labute approximate surface area is 96.6 Å². The number of aliphatic hydroxyl groups excluding tert-OH is 1. The first-order valence-corrected chi connectivity index (χ1v) is 5.86. The van der Waals surface area contributed by atoms with Crippen LogP contribution in [0.4, 0.5) is 0 Å². The van der Waals surface area contributed by atoms with Crippen LogP contribution in [0.25, 0.3) is 0 Å². The predicted octanol–water partition coefficient (Wildman–Crippen LogP) is 3.01. The summed E-state index contributed by atoms with van der Waals surface area (Å²) < 4.78 is 5.56. The lowest BCUT2D eigenvalue weighted by Crippen LogP contribution is -2.09. The minimum absolute atomic E-state index is 0.311. The molecule has 0 spiro atoms. The van der Waals surface area contributed by atoms with Gasteiger partial charge in [-0.2, -0.15) is 0 Å². The summed E-state index contributed by atoms with van der Waals surface area (Å²) >= 11 is 0. The molecule has 2 rings (SSSR count). The maximum absolute atomic E-state index is 9.89. The number of hydrogen-bond acceptors (Lipinski definition) is 2. The monoisotopic (exact) mass is 218 g/mol. The van der Waals surface area contributed by atoms with E-state index in [9.17, 15) is 5.11 Å². The van der Waals surface area contributed by atoms with Gasteiger partial charge >= 0.3 is 0 Å². The van der Waals surface area contributed by atoms with Crippen LogP contribution < -0.4 is 4.74 Å². The molecule has 1 aliphatic rings. The van der Waals surface area contributed by atoms with E-state index >= 15 is 0 Å². The number of aryl methyl sites for hydroxylation is 1. The second-order valence-corrected chi connectivity index (χ2v) is 4.15. The zero-order valence-electron chi connectivity index (χ0n) is 9.65. The summed E-state index contributed by atoms with van der Waals surface area (Å²) in [5.74, 6) is 0.845. The Morgan fingerprint density at radius 3 is 3.19 bits per heavy atom. The largest absolute Gasteiger partial charge is 0.490 e. The number of rotatable bonds is 3.